The van der Waals surface area contributed by atoms with E-state index in [2.05, 4.69) is 33.0 Å². The number of benzene rings is 2. The van der Waals surface area contributed by atoms with Crippen LogP contribution in [0.4, 0.5) is 0 Å². The Balaban J connectivity index is 0.00000261. The van der Waals surface area contributed by atoms with E-state index in [1.165, 1.54) is 5.56 Å². The van der Waals surface area contributed by atoms with Gasteiger partial charge in [-0.3, -0.25) is 4.90 Å². The van der Waals surface area contributed by atoms with Gasteiger partial charge in [0, 0.05) is 24.1 Å². The van der Waals surface area contributed by atoms with Gasteiger partial charge in [0.2, 0.25) is 0 Å². The van der Waals surface area contributed by atoms with Crippen LogP contribution in [0, 0.1) is 13.8 Å². The summed E-state index contributed by atoms with van der Waals surface area (Å²) in [5, 5.41) is 10.4. The number of halogens is 2. The molecule has 1 heterocycles. The second kappa shape index (κ2) is 10.4. The molecule has 0 radical (unpaired) electrons. The maximum Gasteiger partial charge on any atom is 0.125 e. The van der Waals surface area contributed by atoms with Crippen molar-refractivity contribution in [2.45, 2.75) is 26.1 Å². The first-order valence-corrected chi connectivity index (χ1v) is 9.78. The van der Waals surface area contributed by atoms with Crippen LogP contribution in [0.25, 0.3) is 0 Å². The molecular formula is C21H27BrClNO3. The Labute approximate surface area is 176 Å². The van der Waals surface area contributed by atoms with Gasteiger partial charge in [-0.25, -0.2) is 0 Å². The summed E-state index contributed by atoms with van der Waals surface area (Å²) in [6, 6.07) is 14.3. The van der Waals surface area contributed by atoms with Crippen LogP contribution in [-0.2, 0) is 4.74 Å². The Morgan fingerprint density at radius 3 is 2.52 bits per heavy atom. The van der Waals surface area contributed by atoms with Crippen molar-refractivity contribution in [1.29, 1.82) is 0 Å². The van der Waals surface area contributed by atoms with Crippen LogP contribution < -0.4 is 4.74 Å². The molecule has 0 saturated carbocycles. The molecule has 0 amide bonds. The molecule has 1 aliphatic rings. The van der Waals surface area contributed by atoms with E-state index >= 15 is 0 Å². The molecule has 0 bridgehead atoms. The Kier molecular flexibility index (Phi) is 8.58. The Bertz CT molecular complexity index is 706. The van der Waals surface area contributed by atoms with Gasteiger partial charge in [-0.05, 0) is 42.7 Å². The number of ether oxygens (including phenoxy) is 2. The third-order valence-corrected chi connectivity index (χ3v) is 5.22. The number of rotatable bonds is 6. The molecule has 2 atom stereocenters. The molecule has 2 unspecified atom stereocenters. The molecule has 1 saturated heterocycles. The number of hydrogen-bond acceptors (Lipinski definition) is 4. The minimum Gasteiger partial charge on any atom is -0.490 e. The standard InChI is InChI=1S/C21H26BrNO3.ClH/c1-15-4-3-5-16(2)21(15)26-14-19(24)12-23-10-11-25-20(13-23)17-6-8-18(22)9-7-17;/h3-9,19-20,24H,10-14H2,1-2H3;1H. The average Bonchev–Trinajstić information content (AvgIpc) is 2.62. The largest absolute Gasteiger partial charge is 0.490 e. The molecule has 3 rings (SSSR count). The molecule has 2 aromatic carbocycles. The topological polar surface area (TPSA) is 41.9 Å². The van der Waals surface area contributed by atoms with E-state index in [1.54, 1.807) is 0 Å². The van der Waals surface area contributed by atoms with Gasteiger partial charge in [-0.1, -0.05) is 46.3 Å². The van der Waals surface area contributed by atoms with E-state index in [9.17, 15) is 5.11 Å². The summed E-state index contributed by atoms with van der Waals surface area (Å²) in [4.78, 5) is 2.24. The number of hydrogen-bond donors (Lipinski definition) is 1. The highest BCUT2D eigenvalue weighted by atomic mass is 79.9. The SMILES string of the molecule is Cc1cccc(C)c1OCC(O)CN1CCOC(c2ccc(Br)cc2)C1.Cl. The van der Waals surface area contributed by atoms with E-state index in [4.69, 9.17) is 9.47 Å². The first kappa shape index (κ1) is 22.2. The highest BCUT2D eigenvalue weighted by Crippen LogP contribution is 2.25. The van der Waals surface area contributed by atoms with Crippen LogP contribution in [0.15, 0.2) is 46.9 Å². The second-order valence-corrected chi connectivity index (χ2v) is 7.77. The summed E-state index contributed by atoms with van der Waals surface area (Å²) in [5.74, 6) is 0.876. The minimum absolute atomic E-state index is 0. The van der Waals surface area contributed by atoms with E-state index < -0.39 is 6.10 Å². The fourth-order valence-corrected chi connectivity index (χ4v) is 3.57. The van der Waals surface area contributed by atoms with Crippen molar-refractivity contribution in [3.05, 3.63) is 63.6 Å². The number of morpholine rings is 1. The predicted octanol–water partition coefficient (Wildman–Crippen LogP) is 4.30. The predicted molar refractivity (Wildman–Crippen MR) is 114 cm³/mol. The van der Waals surface area contributed by atoms with E-state index in [-0.39, 0.29) is 18.5 Å². The molecule has 1 aliphatic heterocycles. The monoisotopic (exact) mass is 455 g/mol. The van der Waals surface area contributed by atoms with Crippen molar-refractivity contribution < 1.29 is 14.6 Å². The summed E-state index contributed by atoms with van der Waals surface area (Å²) in [5.41, 5.74) is 3.36. The number of aliphatic hydroxyl groups is 1. The molecule has 6 heteroatoms. The fraction of sp³-hybridized carbons (Fsp3) is 0.429. The van der Waals surface area contributed by atoms with Crippen molar-refractivity contribution in [3.63, 3.8) is 0 Å². The molecule has 0 aliphatic carbocycles. The van der Waals surface area contributed by atoms with Crippen molar-refractivity contribution in [2.75, 3.05) is 32.8 Å². The van der Waals surface area contributed by atoms with E-state index in [0.29, 0.717) is 19.8 Å². The quantitative estimate of drug-likeness (QED) is 0.704. The van der Waals surface area contributed by atoms with Gasteiger partial charge in [0.15, 0.2) is 0 Å². The van der Waals surface area contributed by atoms with Gasteiger partial charge in [-0.2, -0.15) is 0 Å². The van der Waals surface area contributed by atoms with Gasteiger partial charge < -0.3 is 14.6 Å². The number of para-hydroxylation sites is 1. The Morgan fingerprint density at radius 1 is 1.19 bits per heavy atom. The fourth-order valence-electron chi connectivity index (χ4n) is 3.30. The van der Waals surface area contributed by atoms with Gasteiger partial charge in [-0.15, -0.1) is 12.4 Å². The normalized spacial score (nSPS) is 18.6. The third kappa shape index (κ3) is 6.19. The first-order chi connectivity index (χ1) is 12.5. The molecule has 0 spiro atoms. The van der Waals surface area contributed by atoms with Crippen molar-refractivity contribution in [1.82, 2.24) is 4.90 Å². The maximum absolute atomic E-state index is 10.4. The third-order valence-electron chi connectivity index (χ3n) is 4.69. The van der Waals surface area contributed by atoms with Crippen LogP contribution in [0.2, 0.25) is 0 Å². The second-order valence-electron chi connectivity index (χ2n) is 6.86. The molecule has 27 heavy (non-hydrogen) atoms. The van der Waals surface area contributed by atoms with Crippen molar-refractivity contribution >= 4 is 28.3 Å². The lowest BCUT2D eigenvalue weighted by Crippen LogP contribution is -2.43. The van der Waals surface area contributed by atoms with Crippen LogP contribution in [0.1, 0.15) is 22.8 Å². The zero-order valence-electron chi connectivity index (χ0n) is 15.7. The molecule has 2 aromatic rings. The summed E-state index contributed by atoms with van der Waals surface area (Å²) in [6.07, 6.45) is -0.485. The first-order valence-electron chi connectivity index (χ1n) is 8.99. The van der Waals surface area contributed by atoms with E-state index in [0.717, 1.165) is 34.4 Å². The summed E-state index contributed by atoms with van der Waals surface area (Å²) < 4.78 is 12.9. The summed E-state index contributed by atoms with van der Waals surface area (Å²) in [7, 11) is 0. The Morgan fingerprint density at radius 2 is 1.85 bits per heavy atom. The maximum atomic E-state index is 10.4. The summed E-state index contributed by atoms with van der Waals surface area (Å²) >= 11 is 3.46. The number of nitrogens with zero attached hydrogens (tertiary/aromatic N) is 1. The lowest BCUT2D eigenvalue weighted by Gasteiger charge is -2.34. The van der Waals surface area contributed by atoms with Gasteiger partial charge >= 0.3 is 0 Å². The number of β-amino-alcohol motifs (C(OH)–C–C–N with tert-alkyl or cyclic N) is 1. The molecule has 0 aromatic heterocycles. The highest BCUT2D eigenvalue weighted by molar-refractivity contribution is 9.10. The molecule has 1 N–H and O–H groups in total. The number of aryl methyl sites for hydroxylation is 2. The molecule has 1 fully saturated rings. The van der Waals surface area contributed by atoms with Crippen LogP contribution >= 0.6 is 28.3 Å². The average molecular weight is 457 g/mol. The zero-order chi connectivity index (χ0) is 18.5. The van der Waals surface area contributed by atoms with Crippen molar-refractivity contribution in [2.24, 2.45) is 0 Å². The van der Waals surface area contributed by atoms with E-state index in [1.807, 2.05) is 44.2 Å². The van der Waals surface area contributed by atoms with Gasteiger partial charge in [0.1, 0.15) is 18.5 Å². The van der Waals surface area contributed by atoms with Gasteiger partial charge in [0.25, 0.3) is 0 Å². The number of aliphatic hydroxyl groups excluding tert-OH is 1. The lowest BCUT2D eigenvalue weighted by molar-refractivity contribution is -0.0459. The lowest BCUT2D eigenvalue weighted by atomic mass is 10.1. The zero-order valence-corrected chi connectivity index (χ0v) is 18.1. The molecule has 148 valence electrons. The Hall–Kier alpha value is -1.11. The van der Waals surface area contributed by atoms with Crippen LogP contribution in [-0.4, -0.2) is 49.0 Å². The van der Waals surface area contributed by atoms with Crippen LogP contribution in [0.3, 0.4) is 0 Å². The smallest absolute Gasteiger partial charge is 0.125 e. The van der Waals surface area contributed by atoms with Gasteiger partial charge in [0.05, 0.1) is 12.7 Å². The summed E-state index contributed by atoms with van der Waals surface area (Å²) in [6.45, 7) is 7.22. The van der Waals surface area contributed by atoms with Crippen molar-refractivity contribution in [3.8, 4) is 5.75 Å². The molecular weight excluding hydrogens is 430 g/mol. The molecule has 4 nitrogen and oxygen atoms in total. The minimum atomic E-state index is -0.530. The highest BCUT2D eigenvalue weighted by Gasteiger charge is 2.24. The van der Waals surface area contributed by atoms with Crippen LogP contribution in [0.5, 0.6) is 5.75 Å².